The summed E-state index contributed by atoms with van der Waals surface area (Å²) in [6.45, 7) is 3.24. The Morgan fingerprint density at radius 1 is 0.939 bits per heavy atom. The third kappa shape index (κ3) is 5.89. The normalized spacial score (nSPS) is 16.5. The molecule has 1 saturated heterocycles. The maximum atomic E-state index is 13.2. The summed E-state index contributed by atoms with van der Waals surface area (Å²) in [6, 6.07) is 22.6. The smallest absolute Gasteiger partial charge is 0.250 e. The first kappa shape index (κ1) is 23.6. The van der Waals surface area contributed by atoms with Gasteiger partial charge in [-0.05, 0) is 42.3 Å². The van der Waals surface area contributed by atoms with Crippen molar-refractivity contribution in [2.75, 3.05) is 13.1 Å². The second-order valence-corrected chi connectivity index (χ2v) is 11.2. The number of carbonyl (C=O) groups excluding carboxylic acids is 1. The zero-order chi connectivity index (χ0) is 23.3. The zero-order valence-corrected chi connectivity index (χ0v) is 20.2. The van der Waals surface area contributed by atoms with Gasteiger partial charge in [-0.25, -0.2) is 13.1 Å². The van der Waals surface area contributed by atoms with E-state index in [4.69, 9.17) is 0 Å². The molecule has 2 aromatic carbocycles. The van der Waals surface area contributed by atoms with E-state index in [-0.39, 0.29) is 24.0 Å². The number of sulfonamides is 1. The van der Waals surface area contributed by atoms with Gasteiger partial charge in [-0.1, -0.05) is 66.7 Å². The Morgan fingerprint density at radius 2 is 1.52 bits per heavy atom. The molecule has 0 saturated carbocycles. The van der Waals surface area contributed by atoms with Gasteiger partial charge in [0.15, 0.2) is 0 Å². The number of nitrogens with one attached hydrogen (secondary N) is 2. The van der Waals surface area contributed by atoms with Gasteiger partial charge in [-0.2, -0.15) is 0 Å². The molecular formula is C25H29N3O3S2. The average molecular weight is 484 g/mol. The summed E-state index contributed by atoms with van der Waals surface area (Å²) in [6.07, 6.45) is 1.34. The van der Waals surface area contributed by atoms with Gasteiger partial charge >= 0.3 is 0 Å². The highest BCUT2D eigenvalue weighted by Crippen LogP contribution is 2.23. The minimum atomic E-state index is -3.48. The van der Waals surface area contributed by atoms with Crippen LogP contribution in [0.5, 0.6) is 0 Å². The molecule has 2 N–H and O–H groups in total. The van der Waals surface area contributed by atoms with Crippen molar-refractivity contribution in [3.8, 4) is 0 Å². The second-order valence-electron chi connectivity index (χ2n) is 8.30. The molecule has 0 spiro atoms. The fourth-order valence-corrected chi connectivity index (χ4v) is 6.49. The Kier molecular flexibility index (Phi) is 7.60. The first-order chi connectivity index (χ1) is 15.9. The molecule has 2 heterocycles. The third-order valence-electron chi connectivity index (χ3n) is 6.09. The lowest BCUT2D eigenvalue weighted by Crippen LogP contribution is -2.52. The summed E-state index contributed by atoms with van der Waals surface area (Å²) in [4.78, 5) is 15.3. The Morgan fingerprint density at radius 3 is 2.03 bits per heavy atom. The van der Waals surface area contributed by atoms with E-state index in [2.05, 4.69) is 14.9 Å². The number of benzene rings is 2. The molecule has 174 valence electrons. The van der Waals surface area contributed by atoms with Crippen LogP contribution in [0.15, 0.2) is 82.4 Å². The van der Waals surface area contributed by atoms with Crippen molar-refractivity contribution in [3.63, 3.8) is 0 Å². The fourth-order valence-electron chi connectivity index (χ4n) is 4.18. The molecule has 4 rings (SSSR count). The molecule has 1 aromatic heterocycles. The van der Waals surface area contributed by atoms with Crippen LogP contribution in [0.4, 0.5) is 0 Å². The quantitative estimate of drug-likeness (QED) is 0.511. The lowest BCUT2D eigenvalue weighted by atomic mass is 9.98. The van der Waals surface area contributed by atoms with Crippen LogP contribution in [0, 0.1) is 0 Å². The van der Waals surface area contributed by atoms with Crippen LogP contribution in [0.25, 0.3) is 0 Å². The molecule has 1 amide bonds. The Hall–Kier alpha value is -2.52. The largest absolute Gasteiger partial charge is 0.344 e. The first-order valence-corrected chi connectivity index (χ1v) is 13.5. The van der Waals surface area contributed by atoms with Gasteiger partial charge in [-0.3, -0.25) is 9.69 Å². The van der Waals surface area contributed by atoms with Gasteiger partial charge in [0.1, 0.15) is 4.21 Å². The lowest BCUT2D eigenvalue weighted by Gasteiger charge is -2.36. The van der Waals surface area contributed by atoms with Gasteiger partial charge in [0, 0.05) is 19.1 Å². The Labute approximate surface area is 199 Å². The van der Waals surface area contributed by atoms with E-state index < -0.39 is 10.0 Å². The van der Waals surface area contributed by atoms with Crippen molar-refractivity contribution in [1.29, 1.82) is 0 Å². The molecule has 1 fully saturated rings. The van der Waals surface area contributed by atoms with Crippen molar-refractivity contribution < 1.29 is 13.2 Å². The number of carbonyl (C=O) groups is 1. The van der Waals surface area contributed by atoms with Crippen LogP contribution in [0.2, 0.25) is 0 Å². The molecule has 1 aliphatic rings. The van der Waals surface area contributed by atoms with Gasteiger partial charge < -0.3 is 5.32 Å². The Bertz CT molecular complexity index is 1090. The van der Waals surface area contributed by atoms with Gasteiger partial charge in [-0.15, -0.1) is 11.3 Å². The maximum absolute atomic E-state index is 13.2. The number of nitrogens with zero attached hydrogens (tertiary/aromatic N) is 1. The number of amides is 1. The van der Waals surface area contributed by atoms with Gasteiger partial charge in [0.25, 0.3) is 0 Å². The molecular weight excluding hydrogens is 454 g/mol. The van der Waals surface area contributed by atoms with Gasteiger partial charge in [0.2, 0.25) is 15.9 Å². The molecule has 33 heavy (non-hydrogen) atoms. The highest BCUT2D eigenvalue weighted by atomic mass is 32.2. The number of hydrogen-bond acceptors (Lipinski definition) is 5. The number of rotatable bonds is 8. The molecule has 1 unspecified atom stereocenters. The average Bonchev–Trinajstić information content (AvgIpc) is 3.40. The summed E-state index contributed by atoms with van der Waals surface area (Å²) >= 11 is 1.22. The zero-order valence-electron chi connectivity index (χ0n) is 18.6. The number of likely N-dealkylation sites (tertiary alicyclic amines) is 1. The van der Waals surface area contributed by atoms with Crippen molar-refractivity contribution in [1.82, 2.24) is 14.9 Å². The van der Waals surface area contributed by atoms with E-state index in [1.165, 1.54) is 11.3 Å². The standard InChI is InChI=1S/C25H29N3O3S2/c1-19(28-16-14-22(15-17-28)27-33(30,31)23-13-8-18-32-23)25(29)26-24(20-9-4-2-5-10-20)21-11-6-3-7-12-21/h2-13,18-19,22,24,27H,14-17H2,1H3,(H,26,29). The van der Waals surface area contributed by atoms with E-state index in [9.17, 15) is 13.2 Å². The molecule has 0 bridgehead atoms. The Balaban J connectivity index is 1.37. The molecule has 3 aromatic rings. The number of hydrogen-bond donors (Lipinski definition) is 2. The molecule has 1 atom stereocenters. The van der Waals surface area contributed by atoms with Crippen LogP contribution in [0.3, 0.4) is 0 Å². The van der Waals surface area contributed by atoms with Crippen molar-refractivity contribution in [2.24, 2.45) is 0 Å². The summed E-state index contributed by atoms with van der Waals surface area (Å²) in [7, 11) is -3.48. The van der Waals surface area contributed by atoms with Crippen molar-refractivity contribution >= 4 is 27.3 Å². The van der Waals surface area contributed by atoms with E-state index in [0.717, 1.165) is 11.1 Å². The first-order valence-electron chi connectivity index (χ1n) is 11.1. The third-order valence-corrected chi connectivity index (χ3v) is 9.01. The van der Waals surface area contributed by atoms with E-state index >= 15 is 0 Å². The van der Waals surface area contributed by atoms with Gasteiger partial charge in [0.05, 0.1) is 12.1 Å². The monoisotopic (exact) mass is 483 g/mol. The molecule has 0 aliphatic carbocycles. The van der Waals surface area contributed by atoms with Crippen LogP contribution in [-0.4, -0.2) is 44.4 Å². The van der Waals surface area contributed by atoms with Crippen LogP contribution < -0.4 is 10.0 Å². The topological polar surface area (TPSA) is 78.5 Å². The molecule has 1 aliphatic heterocycles. The molecule has 8 heteroatoms. The van der Waals surface area contributed by atoms with Crippen LogP contribution in [-0.2, 0) is 14.8 Å². The lowest BCUT2D eigenvalue weighted by molar-refractivity contribution is -0.126. The van der Waals surface area contributed by atoms with E-state index in [1.807, 2.05) is 67.6 Å². The van der Waals surface area contributed by atoms with E-state index in [0.29, 0.717) is 30.1 Å². The number of piperidine rings is 1. The van der Waals surface area contributed by atoms with Crippen molar-refractivity contribution in [2.45, 2.75) is 42.1 Å². The minimum Gasteiger partial charge on any atom is -0.344 e. The van der Waals surface area contributed by atoms with Crippen molar-refractivity contribution in [3.05, 3.63) is 89.3 Å². The summed E-state index contributed by atoms with van der Waals surface area (Å²) < 4.78 is 28.2. The number of thiophene rings is 1. The minimum absolute atomic E-state index is 0.0367. The molecule has 6 nitrogen and oxygen atoms in total. The summed E-state index contributed by atoms with van der Waals surface area (Å²) in [5.41, 5.74) is 2.07. The maximum Gasteiger partial charge on any atom is 0.250 e. The van der Waals surface area contributed by atoms with E-state index in [1.54, 1.807) is 17.5 Å². The molecule has 0 radical (unpaired) electrons. The second kappa shape index (κ2) is 10.6. The summed E-state index contributed by atoms with van der Waals surface area (Å²) in [5.74, 6) is -0.0367. The predicted octanol–water partition coefficient (Wildman–Crippen LogP) is 3.79. The van der Waals surface area contributed by atoms with Crippen LogP contribution in [0.1, 0.15) is 36.9 Å². The SMILES string of the molecule is CC(C(=O)NC(c1ccccc1)c1ccccc1)N1CCC(NS(=O)(=O)c2cccs2)CC1. The predicted molar refractivity (Wildman–Crippen MR) is 132 cm³/mol. The fraction of sp³-hybridized carbons (Fsp3) is 0.320. The van der Waals surface area contributed by atoms with Crippen LogP contribution >= 0.6 is 11.3 Å². The highest BCUT2D eigenvalue weighted by molar-refractivity contribution is 7.91. The summed E-state index contributed by atoms with van der Waals surface area (Å²) in [5, 5.41) is 4.98. The highest BCUT2D eigenvalue weighted by Gasteiger charge is 2.30.